The lowest BCUT2D eigenvalue weighted by Gasteiger charge is -2.33. The molecule has 1 aromatic heterocycles. The summed E-state index contributed by atoms with van der Waals surface area (Å²) in [5.41, 5.74) is 1.72. The Bertz CT molecular complexity index is 878. The average molecular weight is 434 g/mol. The van der Waals surface area contributed by atoms with Crippen LogP contribution in [-0.4, -0.2) is 47.1 Å². The minimum atomic E-state index is -0.334. The van der Waals surface area contributed by atoms with E-state index < -0.39 is 0 Å². The van der Waals surface area contributed by atoms with Gasteiger partial charge in [0.25, 0.3) is 0 Å². The van der Waals surface area contributed by atoms with E-state index in [9.17, 15) is 14.0 Å². The lowest BCUT2D eigenvalue weighted by molar-refractivity contribution is -0.137. The number of benzene rings is 1. The number of likely N-dealkylation sites (tertiary alicyclic amines) is 1. The Morgan fingerprint density at radius 2 is 2.00 bits per heavy atom. The zero-order valence-corrected chi connectivity index (χ0v) is 18.0. The number of aromatic nitrogens is 1. The van der Waals surface area contributed by atoms with E-state index in [0.29, 0.717) is 18.2 Å². The molecule has 0 aliphatic carbocycles. The number of anilines is 1. The molecule has 0 bridgehead atoms. The van der Waals surface area contributed by atoms with Gasteiger partial charge in [0.15, 0.2) is 0 Å². The summed E-state index contributed by atoms with van der Waals surface area (Å²) in [5.74, 6) is 0.990. The second-order valence-electron chi connectivity index (χ2n) is 7.72. The quantitative estimate of drug-likeness (QED) is 0.670. The number of carbonyl (C=O) groups is 2. The molecule has 1 atom stereocenters. The number of piperidine rings is 1. The molecule has 0 saturated carbocycles. The second-order valence-corrected chi connectivity index (χ2v) is 9.84. The Morgan fingerprint density at radius 3 is 2.66 bits per heavy atom. The molecule has 2 fully saturated rings. The summed E-state index contributed by atoms with van der Waals surface area (Å²) in [6.45, 7) is 3.89. The Balaban J connectivity index is 1.27. The number of thiazole rings is 1. The van der Waals surface area contributed by atoms with Gasteiger partial charge in [-0.3, -0.25) is 9.59 Å². The van der Waals surface area contributed by atoms with E-state index in [-0.39, 0.29) is 30.0 Å². The van der Waals surface area contributed by atoms with Crippen LogP contribution in [0.1, 0.15) is 25.0 Å². The average Bonchev–Trinajstić information content (AvgIpc) is 3.32. The number of halogens is 1. The molecule has 0 radical (unpaired) electrons. The topological polar surface area (TPSA) is 53.5 Å². The van der Waals surface area contributed by atoms with E-state index in [0.717, 1.165) is 41.7 Å². The Morgan fingerprint density at radius 1 is 1.28 bits per heavy atom. The Hall–Kier alpha value is -1.93. The zero-order valence-electron chi connectivity index (χ0n) is 16.3. The van der Waals surface area contributed by atoms with Gasteiger partial charge in [-0.1, -0.05) is 11.8 Å². The molecule has 2 aliphatic rings. The standard InChI is InChI=1S/C21H24FN3O2S2/c1-14-12-28-21(23-14)29-13-15-6-8-24(9-7-15)20(27)16-10-19(26)25(11-16)18-4-2-17(22)3-5-18/h2-5,12,15-16H,6-11,13H2,1H3/t16-/m1/s1. The second kappa shape index (κ2) is 8.83. The van der Waals surface area contributed by atoms with Gasteiger partial charge in [-0.05, 0) is 49.9 Å². The van der Waals surface area contributed by atoms with Crippen LogP contribution in [0.2, 0.25) is 0 Å². The van der Waals surface area contributed by atoms with Crippen molar-refractivity contribution in [1.82, 2.24) is 9.88 Å². The number of hydrogen-bond donors (Lipinski definition) is 0. The van der Waals surface area contributed by atoms with E-state index in [1.54, 1.807) is 28.4 Å². The maximum atomic E-state index is 13.1. The fourth-order valence-electron chi connectivity index (χ4n) is 3.91. The molecule has 2 saturated heterocycles. The van der Waals surface area contributed by atoms with Gasteiger partial charge in [0, 0.05) is 48.6 Å². The predicted octanol–water partition coefficient (Wildman–Crippen LogP) is 3.97. The van der Waals surface area contributed by atoms with Crippen LogP contribution in [-0.2, 0) is 9.59 Å². The monoisotopic (exact) mass is 433 g/mol. The van der Waals surface area contributed by atoms with Crippen molar-refractivity contribution in [3.8, 4) is 0 Å². The summed E-state index contributed by atoms with van der Waals surface area (Å²) in [7, 11) is 0. The van der Waals surface area contributed by atoms with Crippen LogP contribution in [0.15, 0.2) is 34.0 Å². The molecule has 2 aliphatic heterocycles. The van der Waals surface area contributed by atoms with Crippen molar-refractivity contribution in [2.24, 2.45) is 11.8 Å². The van der Waals surface area contributed by atoms with Crippen LogP contribution in [0.3, 0.4) is 0 Å². The smallest absolute Gasteiger partial charge is 0.228 e. The number of aryl methyl sites for hydroxylation is 1. The fourth-order valence-corrected chi connectivity index (χ4v) is 5.97. The number of hydrogen-bond acceptors (Lipinski definition) is 5. The first-order valence-corrected chi connectivity index (χ1v) is 11.8. The van der Waals surface area contributed by atoms with Crippen LogP contribution >= 0.6 is 23.1 Å². The summed E-state index contributed by atoms with van der Waals surface area (Å²) >= 11 is 3.50. The van der Waals surface area contributed by atoms with Crippen molar-refractivity contribution in [3.05, 3.63) is 41.2 Å². The van der Waals surface area contributed by atoms with Gasteiger partial charge >= 0.3 is 0 Å². The zero-order chi connectivity index (χ0) is 20.4. The van der Waals surface area contributed by atoms with E-state index in [1.165, 1.54) is 12.1 Å². The Labute approximate surface area is 178 Å². The first kappa shape index (κ1) is 20.3. The number of nitrogens with zero attached hydrogens (tertiary/aromatic N) is 3. The van der Waals surface area contributed by atoms with Gasteiger partial charge in [-0.2, -0.15) is 0 Å². The summed E-state index contributed by atoms with van der Waals surface area (Å²) in [4.78, 5) is 33.3. The molecular weight excluding hydrogens is 409 g/mol. The van der Waals surface area contributed by atoms with Gasteiger partial charge in [0.1, 0.15) is 10.2 Å². The highest BCUT2D eigenvalue weighted by Crippen LogP contribution is 2.31. The summed E-state index contributed by atoms with van der Waals surface area (Å²) in [5, 5.41) is 2.07. The third-order valence-electron chi connectivity index (χ3n) is 5.58. The highest BCUT2D eigenvalue weighted by Gasteiger charge is 2.38. The number of rotatable bonds is 5. The molecule has 2 aromatic rings. The third kappa shape index (κ3) is 4.80. The van der Waals surface area contributed by atoms with Crippen molar-refractivity contribution in [2.45, 2.75) is 30.5 Å². The fraction of sp³-hybridized carbons (Fsp3) is 0.476. The third-order valence-corrected chi connectivity index (χ3v) is 7.95. The van der Waals surface area contributed by atoms with Crippen LogP contribution in [0.25, 0.3) is 0 Å². The molecular formula is C21H24FN3O2S2. The minimum Gasteiger partial charge on any atom is -0.342 e. The van der Waals surface area contributed by atoms with Gasteiger partial charge in [0.2, 0.25) is 11.8 Å². The lowest BCUT2D eigenvalue weighted by atomic mass is 9.97. The van der Waals surface area contributed by atoms with Crippen LogP contribution in [0, 0.1) is 24.6 Å². The van der Waals surface area contributed by atoms with Gasteiger partial charge in [-0.25, -0.2) is 9.37 Å². The SMILES string of the molecule is Cc1csc(SCC2CCN(C(=O)[C@@H]3CC(=O)N(c4ccc(F)cc4)C3)CC2)n1. The van der Waals surface area contributed by atoms with Crippen LogP contribution < -0.4 is 4.90 Å². The van der Waals surface area contributed by atoms with Gasteiger partial charge in [0.05, 0.1) is 5.92 Å². The number of carbonyl (C=O) groups excluding carboxylic acids is 2. The van der Waals surface area contributed by atoms with E-state index >= 15 is 0 Å². The summed E-state index contributed by atoms with van der Waals surface area (Å²) < 4.78 is 14.3. The maximum absolute atomic E-state index is 13.1. The van der Waals surface area contributed by atoms with Gasteiger partial charge in [-0.15, -0.1) is 11.3 Å². The maximum Gasteiger partial charge on any atom is 0.228 e. The molecule has 2 amide bonds. The van der Waals surface area contributed by atoms with Crippen LogP contribution in [0.4, 0.5) is 10.1 Å². The molecule has 0 N–H and O–H groups in total. The normalized spacial score (nSPS) is 20.5. The highest BCUT2D eigenvalue weighted by atomic mass is 32.2. The van der Waals surface area contributed by atoms with Crippen LogP contribution in [0.5, 0.6) is 0 Å². The van der Waals surface area contributed by atoms with Crippen molar-refractivity contribution in [2.75, 3.05) is 30.3 Å². The van der Waals surface area contributed by atoms with Gasteiger partial charge < -0.3 is 9.80 Å². The molecule has 4 rings (SSSR count). The number of thioether (sulfide) groups is 1. The van der Waals surface area contributed by atoms with Crippen molar-refractivity contribution in [1.29, 1.82) is 0 Å². The van der Waals surface area contributed by atoms with Crippen molar-refractivity contribution in [3.63, 3.8) is 0 Å². The van der Waals surface area contributed by atoms with E-state index in [2.05, 4.69) is 10.4 Å². The molecule has 5 nitrogen and oxygen atoms in total. The van der Waals surface area contributed by atoms with E-state index in [4.69, 9.17) is 0 Å². The molecule has 0 spiro atoms. The highest BCUT2D eigenvalue weighted by molar-refractivity contribution is 8.01. The molecule has 1 aromatic carbocycles. The molecule has 154 valence electrons. The lowest BCUT2D eigenvalue weighted by Crippen LogP contribution is -2.42. The number of amides is 2. The molecule has 8 heteroatoms. The first-order chi connectivity index (χ1) is 14.0. The minimum absolute atomic E-state index is 0.0695. The largest absolute Gasteiger partial charge is 0.342 e. The molecule has 0 unspecified atom stereocenters. The Kier molecular flexibility index (Phi) is 6.20. The van der Waals surface area contributed by atoms with Crippen molar-refractivity contribution >= 4 is 40.6 Å². The summed E-state index contributed by atoms with van der Waals surface area (Å²) in [6.07, 6.45) is 2.21. The van der Waals surface area contributed by atoms with E-state index in [1.807, 2.05) is 23.6 Å². The predicted molar refractivity (Wildman–Crippen MR) is 114 cm³/mol. The molecule has 29 heavy (non-hydrogen) atoms. The van der Waals surface area contributed by atoms with Crippen molar-refractivity contribution < 1.29 is 14.0 Å². The first-order valence-electron chi connectivity index (χ1n) is 9.89. The molecule has 3 heterocycles. The summed E-state index contributed by atoms with van der Waals surface area (Å²) in [6, 6.07) is 5.86.